The van der Waals surface area contributed by atoms with Crippen molar-refractivity contribution in [2.24, 2.45) is 5.73 Å². The molecule has 2 rings (SSSR count). The van der Waals surface area contributed by atoms with Crippen LogP contribution in [0, 0.1) is 11.8 Å². The van der Waals surface area contributed by atoms with E-state index in [9.17, 15) is 0 Å². The van der Waals surface area contributed by atoms with Gasteiger partial charge in [0.15, 0.2) is 0 Å². The summed E-state index contributed by atoms with van der Waals surface area (Å²) >= 11 is 1.73. The summed E-state index contributed by atoms with van der Waals surface area (Å²) in [4.78, 5) is 3.53. The van der Waals surface area contributed by atoms with E-state index < -0.39 is 0 Å². The average Bonchev–Trinajstić information content (AvgIpc) is 2.92. The van der Waals surface area contributed by atoms with Gasteiger partial charge in [-0.05, 0) is 24.6 Å². The van der Waals surface area contributed by atoms with Crippen LogP contribution in [0.5, 0.6) is 5.75 Å². The van der Waals surface area contributed by atoms with Gasteiger partial charge in [-0.2, -0.15) is 0 Å². The third kappa shape index (κ3) is 4.33. The van der Waals surface area contributed by atoms with Gasteiger partial charge in [0.25, 0.3) is 0 Å². The lowest BCUT2D eigenvalue weighted by Crippen LogP contribution is -2.17. The first-order chi connectivity index (χ1) is 10.2. The third-order valence-electron chi connectivity index (χ3n) is 3.12. The second kappa shape index (κ2) is 7.84. The highest BCUT2D eigenvalue weighted by atomic mass is 32.1. The molecule has 0 atom stereocenters. The minimum Gasteiger partial charge on any atom is -0.496 e. The topological polar surface area (TPSA) is 38.5 Å². The third-order valence-corrected chi connectivity index (χ3v) is 4.02. The predicted octanol–water partition coefficient (Wildman–Crippen LogP) is 2.70. The van der Waals surface area contributed by atoms with Crippen LogP contribution in [0.1, 0.15) is 16.0 Å². The number of rotatable bonds is 5. The van der Waals surface area contributed by atoms with Crippen LogP contribution in [-0.2, 0) is 13.1 Å². The van der Waals surface area contributed by atoms with Crippen molar-refractivity contribution in [1.29, 1.82) is 0 Å². The van der Waals surface area contributed by atoms with Gasteiger partial charge < -0.3 is 10.5 Å². The summed E-state index contributed by atoms with van der Waals surface area (Å²) in [5.41, 5.74) is 7.71. The number of nitrogens with two attached hydrogens (primary N) is 1. The van der Waals surface area contributed by atoms with E-state index in [0.29, 0.717) is 6.54 Å². The van der Waals surface area contributed by atoms with Gasteiger partial charge in [0, 0.05) is 29.1 Å². The van der Waals surface area contributed by atoms with E-state index in [1.54, 1.807) is 18.4 Å². The summed E-state index contributed by atoms with van der Waals surface area (Å²) in [6.07, 6.45) is 0. The van der Waals surface area contributed by atoms with Gasteiger partial charge in [0.1, 0.15) is 5.75 Å². The number of para-hydroxylation sites is 1. The Bertz CT molecular complexity index is 639. The van der Waals surface area contributed by atoms with Crippen molar-refractivity contribution >= 4 is 11.3 Å². The Hall–Kier alpha value is -1.80. The van der Waals surface area contributed by atoms with Crippen LogP contribution >= 0.6 is 11.3 Å². The zero-order chi connectivity index (χ0) is 15.1. The van der Waals surface area contributed by atoms with Crippen LogP contribution in [0.3, 0.4) is 0 Å². The summed E-state index contributed by atoms with van der Waals surface area (Å²) in [7, 11) is 3.81. The Kier molecular flexibility index (Phi) is 5.82. The molecule has 1 aromatic carbocycles. The normalized spacial score (nSPS) is 10.3. The van der Waals surface area contributed by atoms with Crippen molar-refractivity contribution in [2.45, 2.75) is 13.1 Å². The fourth-order valence-electron chi connectivity index (χ4n) is 2.15. The maximum atomic E-state index is 5.44. The molecule has 0 saturated carbocycles. The number of benzene rings is 1. The Morgan fingerprint density at radius 3 is 2.81 bits per heavy atom. The van der Waals surface area contributed by atoms with E-state index in [-0.39, 0.29) is 0 Å². The molecule has 4 heteroatoms. The largest absolute Gasteiger partial charge is 0.496 e. The summed E-state index contributed by atoms with van der Waals surface area (Å²) in [5, 5.41) is 2.08. The molecule has 0 saturated heterocycles. The predicted molar refractivity (Wildman–Crippen MR) is 88.4 cm³/mol. The molecule has 0 spiro atoms. The summed E-state index contributed by atoms with van der Waals surface area (Å²) < 4.78 is 5.40. The number of ether oxygens (including phenoxy) is 1. The van der Waals surface area contributed by atoms with E-state index in [1.165, 1.54) is 10.4 Å². The smallest absolute Gasteiger partial charge is 0.123 e. The molecule has 21 heavy (non-hydrogen) atoms. The molecule has 1 heterocycles. The number of hydrogen-bond donors (Lipinski definition) is 1. The Morgan fingerprint density at radius 2 is 2.05 bits per heavy atom. The van der Waals surface area contributed by atoms with Crippen molar-refractivity contribution in [3.8, 4) is 17.6 Å². The molecule has 0 aliphatic heterocycles. The highest BCUT2D eigenvalue weighted by Crippen LogP contribution is 2.22. The molecule has 0 bridgehead atoms. The van der Waals surface area contributed by atoms with Crippen molar-refractivity contribution in [2.75, 3.05) is 20.7 Å². The lowest BCUT2D eigenvalue weighted by atomic mass is 10.2. The molecular weight excluding hydrogens is 280 g/mol. The van der Waals surface area contributed by atoms with E-state index in [2.05, 4.69) is 41.3 Å². The lowest BCUT2D eigenvalue weighted by molar-refractivity contribution is 0.312. The van der Waals surface area contributed by atoms with Gasteiger partial charge >= 0.3 is 0 Å². The van der Waals surface area contributed by atoms with E-state index >= 15 is 0 Å². The molecule has 0 radical (unpaired) electrons. The van der Waals surface area contributed by atoms with Crippen molar-refractivity contribution in [1.82, 2.24) is 4.90 Å². The van der Waals surface area contributed by atoms with Crippen LogP contribution in [-0.4, -0.2) is 25.6 Å². The molecule has 0 amide bonds. The van der Waals surface area contributed by atoms with E-state index in [0.717, 1.165) is 24.4 Å². The molecule has 3 nitrogen and oxygen atoms in total. The first-order valence-corrected chi connectivity index (χ1v) is 7.68. The molecule has 1 aromatic heterocycles. The maximum absolute atomic E-state index is 5.44. The van der Waals surface area contributed by atoms with Crippen LogP contribution < -0.4 is 10.5 Å². The zero-order valence-electron chi connectivity index (χ0n) is 12.4. The van der Waals surface area contributed by atoms with Gasteiger partial charge in [-0.3, -0.25) is 4.90 Å². The molecule has 0 unspecified atom stereocenters. The summed E-state index contributed by atoms with van der Waals surface area (Å²) in [6, 6.07) is 10.2. The molecule has 0 aliphatic rings. The van der Waals surface area contributed by atoms with Gasteiger partial charge in [-0.15, -0.1) is 11.3 Å². The zero-order valence-corrected chi connectivity index (χ0v) is 13.2. The molecular formula is C17H20N2OS. The standard InChI is InChI=1S/C17H20N2OS/c1-19(12-15-6-3-4-8-16(15)20-2)13-17-14(7-5-10-18)9-11-21-17/h3-4,6,8-9,11H,10,12-13,18H2,1-2H3. The average molecular weight is 300 g/mol. The van der Waals surface area contributed by atoms with Crippen LogP contribution in [0.15, 0.2) is 35.7 Å². The maximum Gasteiger partial charge on any atom is 0.123 e. The minimum absolute atomic E-state index is 0.395. The lowest BCUT2D eigenvalue weighted by Gasteiger charge is -2.18. The number of hydrogen-bond acceptors (Lipinski definition) is 4. The highest BCUT2D eigenvalue weighted by molar-refractivity contribution is 7.10. The fourth-order valence-corrected chi connectivity index (χ4v) is 3.06. The molecule has 2 aromatic rings. The molecule has 2 N–H and O–H groups in total. The minimum atomic E-state index is 0.395. The van der Waals surface area contributed by atoms with Gasteiger partial charge in [-0.1, -0.05) is 30.0 Å². The highest BCUT2D eigenvalue weighted by Gasteiger charge is 2.09. The molecule has 110 valence electrons. The van der Waals surface area contributed by atoms with E-state index in [1.807, 2.05) is 18.2 Å². The van der Waals surface area contributed by atoms with E-state index in [4.69, 9.17) is 10.5 Å². The summed E-state index contributed by atoms with van der Waals surface area (Å²) in [6.45, 7) is 2.10. The number of thiophene rings is 1. The van der Waals surface area contributed by atoms with Crippen molar-refractivity contribution < 1.29 is 4.74 Å². The van der Waals surface area contributed by atoms with Crippen LogP contribution in [0.4, 0.5) is 0 Å². The quantitative estimate of drug-likeness (QED) is 0.863. The Balaban J connectivity index is 2.05. The monoisotopic (exact) mass is 300 g/mol. The first kappa shape index (κ1) is 15.6. The summed E-state index contributed by atoms with van der Waals surface area (Å²) in [5.74, 6) is 6.98. The SMILES string of the molecule is COc1ccccc1CN(C)Cc1sccc1C#CCN. The number of nitrogens with zero attached hydrogens (tertiary/aromatic N) is 1. The van der Waals surface area contributed by atoms with Crippen molar-refractivity contribution in [3.63, 3.8) is 0 Å². The second-order valence-corrected chi connectivity index (χ2v) is 5.75. The Morgan fingerprint density at radius 1 is 1.24 bits per heavy atom. The fraction of sp³-hybridized carbons (Fsp3) is 0.294. The van der Waals surface area contributed by atoms with Crippen molar-refractivity contribution in [3.05, 3.63) is 51.7 Å². The second-order valence-electron chi connectivity index (χ2n) is 4.75. The first-order valence-electron chi connectivity index (χ1n) is 6.80. The van der Waals surface area contributed by atoms with Crippen LogP contribution in [0.25, 0.3) is 0 Å². The van der Waals surface area contributed by atoms with Gasteiger partial charge in [0.2, 0.25) is 0 Å². The Labute approximate surface area is 130 Å². The van der Waals surface area contributed by atoms with Gasteiger partial charge in [-0.25, -0.2) is 0 Å². The van der Waals surface area contributed by atoms with Gasteiger partial charge in [0.05, 0.1) is 13.7 Å². The molecule has 0 aliphatic carbocycles. The molecule has 0 fully saturated rings. The van der Waals surface area contributed by atoms with Crippen LogP contribution in [0.2, 0.25) is 0 Å². The number of methoxy groups -OCH3 is 1.